The molecule has 0 bridgehead atoms. The molecule has 0 saturated heterocycles. The Balaban J connectivity index is 2.01. The fourth-order valence-corrected chi connectivity index (χ4v) is 3.36. The smallest absolute Gasteiger partial charge is 0.340 e. The van der Waals surface area contributed by atoms with Crippen molar-refractivity contribution in [3.8, 4) is 17.3 Å². The van der Waals surface area contributed by atoms with E-state index >= 15 is 0 Å². The first-order valence-corrected chi connectivity index (χ1v) is 8.54. The van der Waals surface area contributed by atoms with E-state index in [-0.39, 0.29) is 11.6 Å². The van der Waals surface area contributed by atoms with Crippen LogP contribution in [0.2, 0.25) is 0 Å². The normalized spacial score (nSPS) is 11.3. The van der Waals surface area contributed by atoms with Crippen LogP contribution in [0.25, 0.3) is 22.2 Å². The zero-order chi connectivity index (χ0) is 17.6. The summed E-state index contributed by atoms with van der Waals surface area (Å²) in [6.45, 7) is 2.44. The monoisotopic (exact) mass is 399 g/mol. The average Bonchev–Trinajstić information content (AvgIpc) is 2.88. The second kappa shape index (κ2) is 5.93. The van der Waals surface area contributed by atoms with Gasteiger partial charge in [-0.05, 0) is 53.2 Å². The molecule has 2 aromatic heterocycles. The zero-order valence-electron chi connectivity index (χ0n) is 13.3. The predicted molar refractivity (Wildman–Crippen MR) is 98.8 cm³/mol. The number of para-hydroxylation sites is 2. The lowest BCUT2D eigenvalue weighted by Crippen LogP contribution is -2.19. The van der Waals surface area contributed by atoms with Crippen LogP contribution in [0, 0.1) is 0 Å². The van der Waals surface area contributed by atoms with Gasteiger partial charge in [0.1, 0.15) is 11.3 Å². The standard InChI is InChI=1S/C18H14BrN3O3/c1-2-25-16-8-7-11(9-12(16)19)21-17(23)15-10-20-13-5-3-4-6-14(13)22(15)18(21)24/h3-10,23H,2H2,1H3. The quantitative estimate of drug-likeness (QED) is 0.572. The molecule has 2 aromatic carbocycles. The van der Waals surface area contributed by atoms with Crippen LogP contribution >= 0.6 is 15.9 Å². The largest absolute Gasteiger partial charge is 0.493 e. The number of aromatic hydroxyl groups is 1. The van der Waals surface area contributed by atoms with Gasteiger partial charge in [0.2, 0.25) is 5.88 Å². The molecule has 4 rings (SSSR count). The second-order valence-corrected chi connectivity index (χ2v) is 6.31. The number of rotatable bonds is 3. The number of hydrogen-bond acceptors (Lipinski definition) is 4. The van der Waals surface area contributed by atoms with E-state index in [1.807, 2.05) is 25.1 Å². The van der Waals surface area contributed by atoms with E-state index < -0.39 is 0 Å². The molecular weight excluding hydrogens is 386 g/mol. The molecule has 0 spiro atoms. The first-order valence-electron chi connectivity index (χ1n) is 7.74. The van der Waals surface area contributed by atoms with Gasteiger partial charge in [-0.2, -0.15) is 0 Å². The maximum atomic E-state index is 13.0. The highest BCUT2D eigenvalue weighted by Gasteiger charge is 2.18. The van der Waals surface area contributed by atoms with Gasteiger partial charge in [-0.1, -0.05) is 12.1 Å². The van der Waals surface area contributed by atoms with Crippen molar-refractivity contribution in [2.45, 2.75) is 6.92 Å². The average molecular weight is 400 g/mol. The summed E-state index contributed by atoms with van der Waals surface area (Å²) in [5, 5.41) is 10.6. The lowest BCUT2D eigenvalue weighted by molar-refractivity contribution is 0.338. The van der Waals surface area contributed by atoms with Crippen LogP contribution in [0.15, 0.2) is 57.9 Å². The number of imidazole rings is 1. The molecule has 0 unspecified atom stereocenters. The summed E-state index contributed by atoms with van der Waals surface area (Å²) in [5.41, 5.74) is 1.85. The molecule has 1 N–H and O–H groups in total. The van der Waals surface area contributed by atoms with Crippen molar-refractivity contribution >= 4 is 32.5 Å². The van der Waals surface area contributed by atoms with E-state index in [9.17, 15) is 9.90 Å². The number of halogens is 1. The van der Waals surface area contributed by atoms with Crippen LogP contribution in [-0.2, 0) is 0 Å². The first kappa shape index (κ1) is 15.7. The van der Waals surface area contributed by atoms with Crippen molar-refractivity contribution in [2.24, 2.45) is 0 Å². The van der Waals surface area contributed by atoms with Crippen molar-refractivity contribution < 1.29 is 9.84 Å². The van der Waals surface area contributed by atoms with Crippen LogP contribution in [0.3, 0.4) is 0 Å². The Morgan fingerprint density at radius 3 is 2.76 bits per heavy atom. The van der Waals surface area contributed by atoms with Gasteiger partial charge in [-0.3, -0.25) is 9.38 Å². The van der Waals surface area contributed by atoms with E-state index in [1.165, 1.54) is 15.2 Å². The SMILES string of the molecule is CCOc1ccc(-n2c(O)c3cnc4ccccc4n3c2=O)cc1Br. The third kappa shape index (κ3) is 2.39. The summed E-state index contributed by atoms with van der Waals surface area (Å²) < 4.78 is 8.91. The van der Waals surface area contributed by atoms with Gasteiger partial charge in [-0.25, -0.2) is 9.36 Å². The minimum Gasteiger partial charge on any atom is -0.493 e. The summed E-state index contributed by atoms with van der Waals surface area (Å²) in [5.74, 6) is 0.522. The molecule has 6 nitrogen and oxygen atoms in total. The Kier molecular flexibility index (Phi) is 3.73. The molecule has 2 heterocycles. The van der Waals surface area contributed by atoms with E-state index in [2.05, 4.69) is 20.9 Å². The Morgan fingerprint density at radius 2 is 2.00 bits per heavy atom. The summed E-state index contributed by atoms with van der Waals surface area (Å²) >= 11 is 3.44. The first-order chi connectivity index (χ1) is 12.1. The zero-order valence-corrected chi connectivity index (χ0v) is 14.9. The summed E-state index contributed by atoms with van der Waals surface area (Å²) in [4.78, 5) is 17.3. The Hall–Kier alpha value is -2.80. The highest BCUT2D eigenvalue weighted by Crippen LogP contribution is 2.30. The fraction of sp³-hybridized carbons (Fsp3) is 0.111. The van der Waals surface area contributed by atoms with Gasteiger partial charge in [0.25, 0.3) is 0 Å². The summed E-state index contributed by atoms with van der Waals surface area (Å²) in [7, 11) is 0. The highest BCUT2D eigenvalue weighted by atomic mass is 79.9. The molecule has 126 valence electrons. The number of ether oxygens (including phenoxy) is 1. The van der Waals surface area contributed by atoms with Crippen molar-refractivity contribution in [1.29, 1.82) is 0 Å². The Bertz CT molecular complexity index is 1160. The minimum absolute atomic E-state index is 0.153. The molecule has 0 aliphatic carbocycles. The number of fused-ring (bicyclic) bond motifs is 3. The topological polar surface area (TPSA) is 68.8 Å². The summed E-state index contributed by atoms with van der Waals surface area (Å²) in [6.07, 6.45) is 1.50. The van der Waals surface area contributed by atoms with Gasteiger partial charge in [-0.15, -0.1) is 0 Å². The highest BCUT2D eigenvalue weighted by molar-refractivity contribution is 9.10. The van der Waals surface area contributed by atoms with Crippen LogP contribution in [-0.4, -0.2) is 25.7 Å². The molecular formula is C18H14BrN3O3. The number of hydrogen-bond donors (Lipinski definition) is 1. The van der Waals surface area contributed by atoms with E-state index in [4.69, 9.17) is 4.74 Å². The van der Waals surface area contributed by atoms with Gasteiger partial charge in [0.15, 0.2) is 0 Å². The van der Waals surface area contributed by atoms with Gasteiger partial charge >= 0.3 is 5.69 Å². The van der Waals surface area contributed by atoms with Crippen molar-refractivity contribution in [2.75, 3.05) is 6.61 Å². The summed E-state index contributed by atoms with van der Waals surface area (Å²) in [6, 6.07) is 12.5. The van der Waals surface area contributed by atoms with Crippen LogP contribution in [0.5, 0.6) is 11.6 Å². The third-order valence-electron chi connectivity index (χ3n) is 3.99. The lowest BCUT2D eigenvalue weighted by atomic mass is 10.3. The number of benzene rings is 2. The van der Waals surface area contributed by atoms with Crippen LogP contribution in [0.4, 0.5) is 0 Å². The Labute approximate surface area is 151 Å². The van der Waals surface area contributed by atoms with E-state index in [0.29, 0.717) is 39.1 Å². The van der Waals surface area contributed by atoms with Crippen LogP contribution < -0.4 is 10.4 Å². The molecule has 4 aromatic rings. The fourth-order valence-electron chi connectivity index (χ4n) is 2.88. The molecule has 0 saturated carbocycles. The number of nitrogens with zero attached hydrogens (tertiary/aromatic N) is 3. The van der Waals surface area contributed by atoms with Gasteiger partial charge in [0, 0.05) is 0 Å². The van der Waals surface area contributed by atoms with Crippen molar-refractivity contribution in [1.82, 2.24) is 14.0 Å². The van der Waals surface area contributed by atoms with Crippen molar-refractivity contribution in [3.05, 3.63) is 63.6 Å². The maximum absolute atomic E-state index is 13.0. The molecule has 0 fully saturated rings. The molecule has 0 radical (unpaired) electrons. The van der Waals surface area contributed by atoms with Crippen molar-refractivity contribution in [3.63, 3.8) is 0 Å². The molecule has 0 amide bonds. The van der Waals surface area contributed by atoms with Gasteiger partial charge in [0.05, 0.1) is 34.0 Å². The lowest BCUT2D eigenvalue weighted by Gasteiger charge is -2.08. The van der Waals surface area contributed by atoms with Gasteiger partial charge < -0.3 is 9.84 Å². The molecule has 7 heteroatoms. The minimum atomic E-state index is -0.359. The third-order valence-corrected chi connectivity index (χ3v) is 4.61. The number of aromatic nitrogens is 3. The molecule has 25 heavy (non-hydrogen) atoms. The van der Waals surface area contributed by atoms with E-state index in [0.717, 1.165) is 0 Å². The second-order valence-electron chi connectivity index (χ2n) is 5.46. The molecule has 0 atom stereocenters. The molecule has 0 aliphatic rings. The Morgan fingerprint density at radius 1 is 1.20 bits per heavy atom. The predicted octanol–water partition coefficient (Wildman–Crippen LogP) is 3.51. The van der Waals surface area contributed by atoms with Crippen LogP contribution in [0.1, 0.15) is 6.92 Å². The maximum Gasteiger partial charge on any atom is 0.340 e. The van der Waals surface area contributed by atoms with E-state index in [1.54, 1.807) is 24.3 Å². The molecule has 0 aliphatic heterocycles.